The third-order valence-electron chi connectivity index (χ3n) is 3.85. The van der Waals surface area contributed by atoms with Gasteiger partial charge in [0.1, 0.15) is 5.75 Å². The van der Waals surface area contributed by atoms with Crippen LogP contribution in [0.4, 0.5) is 0 Å². The van der Waals surface area contributed by atoms with Gasteiger partial charge in [-0.3, -0.25) is 0 Å². The lowest BCUT2D eigenvalue weighted by molar-refractivity contribution is 0.405. The minimum Gasteiger partial charge on any atom is -0.497 e. The van der Waals surface area contributed by atoms with Gasteiger partial charge in [-0.05, 0) is 47.5 Å². The van der Waals surface area contributed by atoms with Crippen LogP contribution in [0.2, 0.25) is 0 Å². The van der Waals surface area contributed by atoms with Crippen LogP contribution in [0.25, 0.3) is 0 Å². The Labute approximate surface area is 118 Å². The Balaban J connectivity index is 2.05. The molecule has 0 aliphatic carbocycles. The predicted octanol–water partition coefficient (Wildman–Crippen LogP) is 3.77. The first-order chi connectivity index (χ1) is 9.31. The van der Waals surface area contributed by atoms with E-state index in [0.717, 1.165) is 18.6 Å². The summed E-state index contributed by atoms with van der Waals surface area (Å²) < 4.78 is 5.37. The Morgan fingerprint density at radius 3 is 2.95 bits per heavy atom. The average Bonchev–Trinajstić information content (AvgIpc) is 2.99. The van der Waals surface area contributed by atoms with E-state index >= 15 is 0 Å². The van der Waals surface area contributed by atoms with Gasteiger partial charge in [-0.15, -0.1) is 11.3 Å². The van der Waals surface area contributed by atoms with Gasteiger partial charge in [0.05, 0.1) is 13.2 Å². The maximum atomic E-state index is 5.37. The smallest absolute Gasteiger partial charge is 0.119 e. The first-order valence-electron chi connectivity index (χ1n) is 6.78. The Bertz CT molecular complexity index is 550. The van der Waals surface area contributed by atoms with Crippen molar-refractivity contribution in [3.8, 4) is 5.75 Å². The Kier molecular flexibility index (Phi) is 3.58. The van der Waals surface area contributed by atoms with Crippen LogP contribution in [0.5, 0.6) is 5.75 Å². The zero-order valence-corrected chi connectivity index (χ0v) is 12.2. The number of benzene rings is 1. The molecule has 0 saturated heterocycles. The van der Waals surface area contributed by atoms with Gasteiger partial charge >= 0.3 is 0 Å². The molecule has 19 heavy (non-hydrogen) atoms. The number of fused-ring (bicyclic) bond motifs is 1. The lowest BCUT2D eigenvalue weighted by Gasteiger charge is -2.32. The number of methoxy groups -OCH3 is 1. The lowest BCUT2D eigenvalue weighted by atomic mass is 9.88. The zero-order valence-electron chi connectivity index (χ0n) is 11.3. The second-order valence-corrected chi connectivity index (χ2v) is 5.97. The van der Waals surface area contributed by atoms with Crippen LogP contribution in [-0.4, -0.2) is 13.2 Å². The van der Waals surface area contributed by atoms with Gasteiger partial charge in [0.25, 0.3) is 0 Å². The highest BCUT2D eigenvalue weighted by Gasteiger charge is 2.27. The van der Waals surface area contributed by atoms with E-state index in [4.69, 9.17) is 4.74 Å². The molecule has 0 bridgehead atoms. The van der Waals surface area contributed by atoms with Crippen LogP contribution >= 0.6 is 11.3 Å². The Morgan fingerprint density at radius 1 is 1.37 bits per heavy atom. The van der Waals surface area contributed by atoms with Gasteiger partial charge in [0, 0.05) is 10.9 Å². The summed E-state index contributed by atoms with van der Waals surface area (Å²) in [5, 5.41) is 5.91. The van der Waals surface area contributed by atoms with Crippen LogP contribution in [0.3, 0.4) is 0 Å². The fraction of sp³-hybridized carbons (Fsp3) is 0.375. The van der Waals surface area contributed by atoms with Crippen LogP contribution in [0.1, 0.15) is 35.4 Å². The van der Waals surface area contributed by atoms with E-state index in [1.54, 1.807) is 7.11 Å². The van der Waals surface area contributed by atoms with Crippen molar-refractivity contribution in [1.29, 1.82) is 0 Å². The van der Waals surface area contributed by atoms with Gasteiger partial charge in [-0.25, -0.2) is 0 Å². The molecule has 2 atom stereocenters. The van der Waals surface area contributed by atoms with E-state index < -0.39 is 0 Å². The zero-order chi connectivity index (χ0) is 13.2. The molecular weight excluding hydrogens is 254 g/mol. The maximum absolute atomic E-state index is 5.37. The molecule has 2 heterocycles. The van der Waals surface area contributed by atoms with Crippen LogP contribution < -0.4 is 10.1 Å². The third kappa shape index (κ3) is 2.40. The maximum Gasteiger partial charge on any atom is 0.119 e. The van der Waals surface area contributed by atoms with Gasteiger partial charge in [0.2, 0.25) is 0 Å². The summed E-state index contributed by atoms with van der Waals surface area (Å²) in [6.07, 6.45) is 2.27. The monoisotopic (exact) mass is 273 g/mol. The lowest BCUT2D eigenvalue weighted by Crippen LogP contribution is -2.39. The molecule has 1 N–H and O–H groups in total. The van der Waals surface area contributed by atoms with Crippen molar-refractivity contribution in [2.24, 2.45) is 0 Å². The quantitative estimate of drug-likeness (QED) is 0.919. The normalized spacial score (nSPS) is 22.0. The molecule has 0 saturated carbocycles. The summed E-state index contributed by atoms with van der Waals surface area (Å²) in [5.41, 5.74) is 2.82. The van der Waals surface area contributed by atoms with Crippen molar-refractivity contribution >= 4 is 11.3 Å². The number of hydrogen-bond donors (Lipinski definition) is 1. The van der Waals surface area contributed by atoms with Crippen molar-refractivity contribution in [3.63, 3.8) is 0 Å². The number of hydrogen-bond acceptors (Lipinski definition) is 3. The largest absolute Gasteiger partial charge is 0.497 e. The van der Waals surface area contributed by atoms with Gasteiger partial charge < -0.3 is 10.1 Å². The highest BCUT2D eigenvalue weighted by Crippen LogP contribution is 2.35. The van der Waals surface area contributed by atoms with E-state index in [-0.39, 0.29) is 0 Å². The molecule has 3 rings (SSSR count). The van der Waals surface area contributed by atoms with Gasteiger partial charge in [-0.1, -0.05) is 19.1 Å². The molecular formula is C16H19NOS. The van der Waals surface area contributed by atoms with Crippen LogP contribution in [0.15, 0.2) is 35.7 Å². The molecule has 1 aromatic heterocycles. The van der Waals surface area contributed by atoms with Gasteiger partial charge in [0.15, 0.2) is 0 Å². The molecule has 100 valence electrons. The van der Waals surface area contributed by atoms with E-state index in [1.807, 2.05) is 11.3 Å². The van der Waals surface area contributed by atoms with Crippen molar-refractivity contribution in [3.05, 3.63) is 51.7 Å². The first kappa shape index (κ1) is 12.7. The topological polar surface area (TPSA) is 21.3 Å². The SMILES string of the molecule is CCC1Cc2ccc(OC)cc2C(c2cccs2)N1. The van der Waals surface area contributed by atoms with Crippen molar-refractivity contribution in [2.75, 3.05) is 7.11 Å². The number of rotatable bonds is 3. The van der Waals surface area contributed by atoms with E-state index in [9.17, 15) is 0 Å². The molecule has 3 heteroatoms. The second-order valence-electron chi connectivity index (χ2n) is 4.99. The molecule has 2 aromatic rings. The molecule has 0 spiro atoms. The number of nitrogens with one attached hydrogen (secondary N) is 1. The summed E-state index contributed by atoms with van der Waals surface area (Å²) >= 11 is 1.82. The van der Waals surface area contributed by atoms with Crippen molar-refractivity contribution < 1.29 is 4.74 Å². The van der Waals surface area contributed by atoms with E-state index in [0.29, 0.717) is 12.1 Å². The molecule has 2 nitrogen and oxygen atoms in total. The van der Waals surface area contributed by atoms with Crippen LogP contribution in [0, 0.1) is 0 Å². The Morgan fingerprint density at radius 2 is 2.26 bits per heavy atom. The number of ether oxygens (including phenoxy) is 1. The summed E-state index contributed by atoms with van der Waals surface area (Å²) in [5.74, 6) is 0.942. The first-order valence-corrected chi connectivity index (χ1v) is 7.66. The van der Waals surface area contributed by atoms with Crippen LogP contribution in [-0.2, 0) is 6.42 Å². The standard InChI is InChI=1S/C16H19NOS/c1-3-12-9-11-6-7-13(18-2)10-14(11)16(17-12)15-5-4-8-19-15/h4-8,10,12,16-17H,3,9H2,1-2H3. The molecule has 1 aromatic carbocycles. The summed E-state index contributed by atoms with van der Waals surface area (Å²) in [4.78, 5) is 1.38. The fourth-order valence-electron chi connectivity index (χ4n) is 2.76. The second kappa shape index (κ2) is 5.35. The predicted molar refractivity (Wildman–Crippen MR) is 80.1 cm³/mol. The molecule has 2 unspecified atom stereocenters. The highest BCUT2D eigenvalue weighted by atomic mass is 32.1. The molecule has 0 amide bonds. The highest BCUT2D eigenvalue weighted by molar-refractivity contribution is 7.10. The number of thiophene rings is 1. The Hall–Kier alpha value is -1.32. The van der Waals surface area contributed by atoms with Gasteiger partial charge in [-0.2, -0.15) is 0 Å². The average molecular weight is 273 g/mol. The summed E-state index contributed by atoms with van der Waals surface area (Å²) in [6, 6.07) is 11.7. The van der Waals surface area contributed by atoms with E-state index in [1.165, 1.54) is 16.0 Å². The van der Waals surface area contributed by atoms with Crippen molar-refractivity contribution in [2.45, 2.75) is 31.8 Å². The van der Waals surface area contributed by atoms with Crippen molar-refractivity contribution in [1.82, 2.24) is 5.32 Å². The summed E-state index contributed by atoms with van der Waals surface area (Å²) in [6.45, 7) is 2.25. The fourth-order valence-corrected chi connectivity index (χ4v) is 3.56. The molecule has 0 fully saturated rings. The molecule has 0 radical (unpaired) electrons. The van der Waals surface area contributed by atoms with E-state index in [2.05, 4.69) is 48.0 Å². The summed E-state index contributed by atoms with van der Waals surface area (Å²) in [7, 11) is 1.73. The minimum atomic E-state index is 0.309. The molecule has 1 aliphatic rings. The third-order valence-corrected chi connectivity index (χ3v) is 4.79. The minimum absolute atomic E-state index is 0.309. The molecule has 1 aliphatic heterocycles.